The molecule has 1 fully saturated rings. The number of nitrogens with one attached hydrogen (secondary N) is 2. The van der Waals surface area contributed by atoms with Gasteiger partial charge in [-0.05, 0) is 37.7 Å². The van der Waals surface area contributed by atoms with Crippen molar-refractivity contribution in [1.29, 1.82) is 0 Å². The second-order valence-electron chi connectivity index (χ2n) is 5.52. The van der Waals surface area contributed by atoms with E-state index in [4.69, 9.17) is 0 Å². The van der Waals surface area contributed by atoms with Gasteiger partial charge in [-0.2, -0.15) is 11.8 Å². The molecule has 1 amide bonds. The fourth-order valence-corrected chi connectivity index (χ4v) is 3.79. The van der Waals surface area contributed by atoms with Crippen molar-refractivity contribution in [2.24, 2.45) is 0 Å². The van der Waals surface area contributed by atoms with Gasteiger partial charge in [0.25, 0.3) is 5.91 Å². The van der Waals surface area contributed by atoms with E-state index in [1.165, 1.54) is 12.8 Å². The third kappa shape index (κ3) is 4.13. The number of amides is 1. The summed E-state index contributed by atoms with van der Waals surface area (Å²) in [6.45, 7) is 2.12. The van der Waals surface area contributed by atoms with Crippen LogP contribution in [0.25, 0.3) is 0 Å². The molecule has 2 rings (SSSR count). The van der Waals surface area contributed by atoms with Crippen molar-refractivity contribution < 1.29 is 4.79 Å². The Morgan fingerprint density at radius 3 is 2.90 bits per heavy atom. The lowest BCUT2D eigenvalue weighted by atomic mass is 10.1. The molecule has 5 heteroatoms. The fraction of sp³-hybridized carbons (Fsp3) is 0.625. The number of nitrogens with zero attached hydrogens (tertiary/aromatic N) is 1. The Labute approximate surface area is 131 Å². The summed E-state index contributed by atoms with van der Waals surface area (Å²) in [5, 5.41) is 6.79. The van der Waals surface area contributed by atoms with Crippen LogP contribution in [0.3, 0.4) is 0 Å². The van der Waals surface area contributed by atoms with Gasteiger partial charge in [0, 0.05) is 29.6 Å². The molecule has 0 saturated heterocycles. The Hall–Kier alpha value is -1.23. The van der Waals surface area contributed by atoms with Crippen molar-refractivity contribution in [3.05, 3.63) is 23.4 Å². The number of aryl methyl sites for hydroxylation is 1. The van der Waals surface area contributed by atoms with Crippen LogP contribution in [0.1, 0.15) is 48.7 Å². The van der Waals surface area contributed by atoms with E-state index in [9.17, 15) is 4.79 Å². The van der Waals surface area contributed by atoms with Gasteiger partial charge in [-0.25, -0.2) is 4.98 Å². The van der Waals surface area contributed by atoms with Crippen LogP contribution >= 0.6 is 11.8 Å². The summed E-state index contributed by atoms with van der Waals surface area (Å²) in [6, 6.07) is 4.05. The van der Waals surface area contributed by atoms with Crippen LogP contribution in [0, 0.1) is 0 Å². The number of hydrogen-bond acceptors (Lipinski definition) is 4. The minimum absolute atomic E-state index is 0.0252. The molecule has 0 aliphatic heterocycles. The molecule has 116 valence electrons. The standard InChI is InChI=1S/C16H25N3OS/c1-4-6-12-9-11(10-15(17-2)18-12)16(20)19-13-7-5-8-14(13)21-3/h9-10,13-14H,4-8H2,1-3H3,(H,17,18)(H,19,20). The minimum Gasteiger partial charge on any atom is -0.373 e. The van der Waals surface area contributed by atoms with E-state index in [-0.39, 0.29) is 5.91 Å². The molecule has 2 unspecified atom stereocenters. The van der Waals surface area contributed by atoms with Crippen molar-refractivity contribution >= 4 is 23.5 Å². The summed E-state index contributed by atoms with van der Waals surface area (Å²) in [5.74, 6) is 0.788. The number of anilines is 1. The number of rotatable bonds is 6. The molecule has 2 N–H and O–H groups in total. The lowest BCUT2D eigenvalue weighted by molar-refractivity contribution is 0.0938. The highest BCUT2D eigenvalue weighted by Gasteiger charge is 2.28. The van der Waals surface area contributed by atoms with Crippen molar-refractivity contribution in [1.82, 2.24) is 10.3 Å². The van der Waals surface area contributed by atoms with Crippen LogP contribution in [0.15, 0.2) is 12.1 Å². The monoisotopic (exact) mass is 307 g/mol. The van der Waals surface area contributed by atoms with Crippen molar-refractivity contribution in [2.45, 2.75) is 50.3 Å². The van der Waals surface area contributed by atoms with Crippen LogP contribution in [-0.2, 0) is 6.42 Å². The average molecular weight is 307 g/mol. The first-order valence-electron chi connectivity index (χ1n) is 7.70. The van der Waals surface area contributed by atoms with Gasteiger partial charge in [-0.1, -0.05) is 19.8 Å². The lowest BCUT2D eigenvalue weighted by Crippen LogP contribution is -2.38. The maximum atomic E-state index is 12.5. The molecule has 1 saturated carbocycles. The van der Waals surface area contributed by atoms with Crippen molar-refractivity contribution in [3.8, 4) is 0 Å². The Balaban J connectivity index is 2.12. The van der Waals surface area contributed by atoms with Gasteiger partial charge in [0.1, 0.15) is 5.82 Å². The highest BCUT2D eigenvalue weighted by Crippen LogP contribution is 2.28. The number of carbonyl (C=O) groups is 1. The highest BCUT2D eigenvalue weighted by molar-refractivity contribution is 7.99. The zero-order valence-electron chi connectivity index (χ0n) is 13.1. The predicted molar refractivity (Wildman–Crippen MR) is 90.2 cm³/mol. The average Bonchev–Trinajstić information content (AvgIpc) is 2.94. The van der Waals surface area contributed by atoms with E-state index in [0.717, 1.165) is 30.8 Å². The maximum absolute atomic E-state index is 12.5. The molecule has 1 aliphatic rings. The summed E-state index contributed by atoms with van der Waals surface area (Å²) in [5.41, 5.74) is 1.69. The molecular weight excluding hydrogens is 282 g/mol. The van der Waals surface area contributed by atoms with E-state index in [0.29, 0.717) is 16.9 Å². The van der Waals surface area contributed by atoms with Crippen LogP contribution in [0.4, 0.5) is 5.82 Å². The molecule has 0 aromatic carbocycles. The summed E-state index contributed by atoms with van der Waals surface area (Å²) in [7, 11) is 1.83. The normalized spacial score (nSPS) is 21.3. The van der Waals surface area contributed by atoms with Gasteiger partial charge >= 0.3 is 0 Å². The first-order chi connectivity index (χ1) is 10.2. The molecule has 1 heterocycles. The Morgan fingerprint density at radius 2 is 2.24 bits per heavy atom. The smallest absolute Gasteiger partial charge is 0.251 e. The Bertz CT molecular complexity index is 492. The maximum Gasteiger partial charge on any atom is 0.251 e. The second-order valence-corrected chi connectivity index (χ2v) is 6.59. The lowest BCUT2D eigenvalue weighted by Gasteiger charge is -2.19. The van der Waals surface area contributed by atoms with Gasteiger partial charge in [-0.3, -0.25) is 4.79 Å². The van der Waals surface area contributed by atoms with Gasteiger partial charge in [0.05, 0.1) is 0 Å². The zero-order chi connectivity index (χ0) is 15.2. The van der Waals surface area contributed by atoms with E-state index in [1.807, 2.05) is 30.9 Å². The third-order valence-corrected chi connectivity index (χ3v) is 5.14. The van der Waals surface area contributed by atoms with Crippen LogP contribution in [0.5, 0.6) is 0 Å². The predicted octanol–water partition coefficient (Wildman–Crippen LogP) is 3.09. The SMILES string of the molecule is CCCc1cc(C(=O)NC2CCCC2SC)cc(NC)n1. The number of carbonyl (C=O) groups excluding carboxylic acids is 1. The first kappa shape index (κ1) is 16.1. The molecule has 0 bridgehead atoms. The van der Waals surface area contributed by atoms with Gasteiger partial charge in [-0.15, -0.1) is 0 Å². The zero-order valence-corrected chi connectivity index (χ0v) is 13.9. The molecule has 1 aromatic heterocycles. The molecule has 4 nitrogen and oxygen atoms in total. The first-order valence-corrected chi connectivity index (χ1v) is 8.99. The van der Waals surface area contributed by atoms with Crippen LogP contribution in [-0.4, -0.2) is 35.5 Å². The van der Waals surface area contributed by atoms with E-state index in [2.05, 4.69) is 28.8 Å². The Kier molecular flexibility index (Phi) is 5.91. The number of pyridine rings is 1. The molecular formula is C16H25N3OS. The summed E-state index contributed by atoms with van der Waals surface area (Å²) in [6.07, 6.45) is 7.54. The second kappa shape index (κ2) is 7.69. The summed E-state index contributed by atoms with van der Waals surface area (Å²) in [4.78, 5) is 17.0. The molecule has 21 heavy (non-hydrogen) atoms. The molecule has 1 aromatic rings. The molecule has 0 spiro atoms. The van der Waals surface area contributed by atoms with Crippen LogP contribution in [0.2, 0.25) is 0 Å². The molecule has 1 aliphatic carbocycles. The van der Waals surface area contributed by atoms with E-state index in [1.54, 1.807) is 0 Å². The van der Waals surface area contributed by atoms with E-state index >= 15 is 0 Å². The Morgan fingerprint density at radius 1 is 1.43 bits per heavy atom. The topological polar surface area (TPSA) is 54.0 Å². The molecule has 2 atom stereocenters. The summed E-state index contributed by atoms with van der Waals surface area (Å²) >= 11 is 1.86. The number of hydrogen-bond donors (Lipinski definition) is 2. The van der Waals surface area contributed by atoms with Crippen molar-refractivity contribution in [2.75, 3.05) is 18.6 Å². The largest absolute Gasteiger partial charge is 0.373 e. The quantitative estimate of drug-likeness (QED) is 0.848. The van der Waals surface area contributed by atoms with Crippen LogP contribution < -0.4 is 10.6 Å². The van der Waals surface area contributed by atoms with Gasteiger partial charge < -0.3 is 10.6 Å². The molecule has 0 radical (unpaired) electrons. The third-order valence-electron chi connectivity index (χ3n) is 3.97. The van der Waals surface area contributed by atoms with E-state index < -0.39 is 0 Å². The summed E-state index contributed by atoms with van der Waals surface area (Å²) < 4.78 is 0. The fourth-order valence-electron chi connectivity index (χ4n) is 2.86. The van der Waals surface area contributed by atoms with Crippen molar-refractivity contribution in [3.63, 3.8) is 0 Å². The number of thioether (sulfide) groups is 1. The van der Waals surface area contributed by atoms with Gasteiger partial charge in [0.2, 0.25) is 0 Å². The number of aromatic nitrogens is 1. The minimum atomic E-state index is 0.0252. The highest BCUT2D eigenvalue weighted by atomic mass is 32.2. The van der Waals surface area contributed by atoms with Gasteiger partial charge in [0.15, 0.2) is 0 Å².